The molecule has 1 amide bonds. The number of amides is 1. The van der Waals surface area contributed by atoms with Crippen LogP contribution in [-0.2, 0) is 20.0 Å². The van der Waals surface area contributed by atoms with E-state index < -0.39 is 41.5 Å². The number of nitrogens with one attached hydrogen (secondary N) is 3. The van der Waals surface area contributed by atoms with Gasteiger partial charge in [-0.25, -0.2) is 26.5 Å². The number of aromatic nitrogens is 2. The maximum Gasteiger partial charge on any atom is 0.293 e. The Bertz CT molecular complexity index is 3210. The molecule has 1 aliphatic heterocycles. The van der Waals surface area contributed by atoms with Gasteiger partial charge in [-0.15, -0.1) is 0 Å². The first kappa shape index (κ1) is 49.5. The molecule has 1 saturated carbocycles. The molecule has 71 heavy (non-hydrogen) atoms. The normalized spacial score (nSPS) is 18.8. The van der Waals surface area contributed by atoms with E-state index in [0.29, 0.717) is 55.9 Å². The number of pyridine rings is 1. The maximum absolute atomic E-state index is 14.1. The van der Waals surface area contributed by atoms with Crippen molar-refractivity contribution in [2.45, 2.75) is 75.8 Å². The lowest BCUT2D eigenvalue weighted by atomic mass is 9.72. The van der Waals surface area contributed by atoms with Crippen LogP contribution in [-0.4, -0.2) is 93.6 Å². The number of anilines is 3. The van der Waals surface area contributed by atoms with E-state index in [1.54, 1.807) is 48.7 Å². The number of fused-ring (bicyclic) bond motifs is 1. The van der Waals surface area contributed by atoms with Gasteiger partial charge in [0.2, 0.25) is 10.0 Å². The fraction of sp³-hybridized carbons (Fsp3) is 0.346. The highest BCUT2D eigenvalue weighted by atomic mass is 35.5. The molecule has 0 bridgehead atoms. The minimum absolute atomic E-state index is 0.0721. The van der Waals surface area contributed by atoms with Gasteiger partial charge >= 0.3 is 0 Å². The van der Waals surface area contributed by atoms with Crippen molar-refractivity contribution in [3.63, 3.8) is 0 Å². The first-order chi connectivity index (χ1) is 33.9. The molecule has 372 valence electrons. The number of ether oxygens (including phenoxy) is 1. The summed E-state index contributed by atoms with van der Waals surface area (Å²) in [4.78, 5) is 37.5. The second-order valence-corrected chi connectivity index (χ2v) is 23.5. The number of H-pyrrole nitrogens is 1. The van der Waals surface area contributed by atoms with Crippen molar-refractivity contribution in [3.05, 3.63) is 147 Å². The number of carbonyl (C=O) groups is 1. The van der Waals surface area contributed by atoms with E-state index in [-0.39, 0.29) is 34.5 Å². The molecule has 19 heteroatoms. The molecule has 3 N–H and O–H groups in total. The van der Waals surface area contributed by atoms with Crippen molar-refractivity contribution in [1.82, 2.24) is 19.6 Å². The van der Waals surface area contributed by atoms with Crippen molar-refractivity contribution in [2.75, 3.05) is 53.5 Å². The number of para-hydroxylation sites is 1. The molecule has 0 atom stereocenters. The monoisotopic (exact) mass is 1020 g/mol. The average Bonchev–Trinajstić information content (AvgIpc) is 3.81. The molecule has 9 rings (SSSR count). The van der Waals surface area contributed by atoms with Crippen molar-refractivity contribution in [2.24, 2.45) is 5.41 Å². The van der Waals surface area contributed by atoms with Gasteiger partial charge in [-0.2, -0.15) is 0 Å². The highest BCUT2D eigenvalue weighted by Crippen LogP contribution is 2.44. The summed E-state index contributed by atoms with van der Waals surface area (Å²) in [5.74, 6) is -0.569. The van der Waals surface area contributed by atoms with E-state index in [9.17, 15) is 31.7 Å². The first-order valence-corrected chi connectivity index (χ1v) is 27.5. The molecule has 16 nitrogen and oxygen atoms in total. The Hall–Kier alpha value is -6.47. The molecular weight excluding hydrogens is 964 g/mol. The molecule has 4 aromatic carbocycles. The van der Waals surface area contributed by atoms with Crippen LogP contribution in [0.3, 0.4) is 0 Å². The van der Waals surface area contributed by atoms with E-state index in [0.717, 1.165) is 61.1 Å². The minimum Gasteiger partial charge on any atom is -0.455 e. The number of piperazine rings is 1. The van der Waals surface area contributed by atoms with Gasteiger partial charge in [0.1, 0.15) is 22.8 Å². The molecule has 6 aromatic rings. The van der Waals surface area contributed by atoms with E-state index in [1.807, 2.05) is 24.3 Å². The zero-order valence-corrected chi connectivity index (χ0v) is 42.2. The number of aromatic amines is 1. The number of sulfonamides is 2. The van der Waals surface area contributed by atoms with Gasteiger partial charge in [0, 0.05) is 79.2 Å². The smallest absolute Gasteiger partial charge is 0.293 e. The summed E-state index contributed by atoms with van der Waals surface area (Å²) in [6, 6.07) is 28.5. The first-order valence-electron chi connectivity index (χ1n) is 23.7. The molecule has 0 spiro atoms. The Labute approximate surface area is 419 Å². The third-order valence-electron chi connectivity index (χ3n) is 13.8. The summed E-state index contributed by atoms with van der Waals surface area (Å²) in [6.07, 6.45) is 9.60. The van der Waals surface area contributed by atoms with Crippen molar-refractivity contribution in [3.8, 4) is 11.5 Å². The molecule has 3 heterocycles. The zero-order chi connectivity index (χ0) is 50.1. The van der Waals surface area contributed by atoms with Gasteiger partial charge in [0.15, 0.2) is 0 Å². The molecule has 0 radical (unpaired) electrons. The Morgan fingerprint density at radius 1 is 0.930 bits per heavy atom. The summed E-state index contributed by atoms with van der Waals surface area (Å²) in [5, 5.41) is 17.1. The number of benzene rings is 4. The third-order valence-corrected chi connectivity index (χ3v) is 16.6. The predicted molar refractivity (Wildman–Crippen MR) is 278 cm³/mol. The largest absolute Gasteiger partial charge is 0.455 e. The van der Waals surface area contributed by atoms with Crippen LogP contribution >= 0.6 is 11.6 Å². The van der Waals surface area contributed by atoms with E-state index in [4.69, 9.17) is 16.3 Å². The van der Waals surface area contributed by atoms with Crippen LogP contribution in [0.1, 0.15) is 74.7 Å². The minimum atomic E-state index is -4.65. The predicted octanol–water partition coefficient (Wildman–Crippen LogP) is 10.0. The molecule has 1 saturated heterocycles. The number of halogens is 1. The summed E-state index contributed by atoms with van der Waals surface area (Å²) in [5.41, 5.74) is 5.81. The maximum atomic E-state index is 14.1. The number of nitro groups is 1. The standard InChI is InChI=1S/C52H57ClN8O8S2/c1-52(2)23-21-37(46(32-52)35-9-11-38(53)12-10-35)34-58-25-27-59(28-26-58)42-17-19-45(49(30-42)69-43-29-36-22-24-54-50(36)55-33-43)51(62)57-71(67,68)44-18-20-47(48(31-44)61(63)64)56-39-13-15-41(16-14-39)60(70(3,65)66)40-7-5-4-6-8-40/h4-12,17-20,22,24,29-31,33,39,41,56H,13-16,21,23,25-28,32,34H2,1-3H3,(H,54,55)(H,57,62). The molecular formula is C52H57ClN8O8S2. The Morgan fingerprint density at radius 3 is 2.37 bits per heavy atom. The Kier molecular flexibility index (Phi) is 14.2. The number of nitro benzene ring substituents is 1. The van der Waals surface area contributed by atoms with Crippen LogP contribution < -0.4 is 24.0 Å². The summed E-state index contributed by atoms with van der Waals surface area (Å²) in [6.45, 7) is 8.51. The van der Waals surface area contributed by atoms with Crippen LogP contribution in [0.4, 0.5) is 22.7 Å². The molecule has 2 aliphatic carbocycles. The number of carbonyl (C=O) groups excluding carboxylic acids is 1. The van der Waals surface area contributed by atoms with Gasteiger partial charge < -0.3 is 19.9 Å². The third kappa shape index (κ3) is 11.5. The van der Waals surface area contributed by atoms with Crippen molar-refractivity contribution < 1.29 is 31.3 Å². The van der Waals surface area contributed by atoms with Crippen LogP contribution in [0.25, 0.3) is 16.6 Å². The van der Waals surface area contributed by atoms with Crippen LogP contribution in [0, 0.1) is 15.5 Å². The average molecular weight is 1020 g/mol. The summed E-state index contributed by atoms with van der Waals surface area (Å²) in [7, 11) is -8.24. The lowest BCUT2D eigenvalue weighted by Crippen LogP contribution is -2.47. The molecule has 0 unspecified atom stereocenters. The van der Waals surface area contributed by atoms with Gasteiger partial charge in [-0.05, 0) is 122 Å². The quantitative estimate of drug-likeness (QED) is 0.0651. The highest BCUT2D eigenvalue weighted by molar-refractivity contribution is 7.92. The fourth-order valence-corrected chi connectivity index (χ4v) is 12.5. The fourth-order valence-electron chi connectivity index (χ4n) is 10.1. The van der Waals surface area contributed by atoms with E-state index >= 15 is 0 Å². The van der Waals surface area contributed by atoms with Crippen LogP contribution in [0.15, 0.2) is 126 Å². The number of hydrogen-bond acceptors (Lipinski definition) is 12. The lowest BCUT2D eigenvalue weighted by molar-refractivity contribution is -0.384. The van der Waals surface area contributed by atoms with E-state index in [1.165, 1.54) is 51.7 Å². The number of hydrogen-bond donors (Lipinski definition) is 3. The van der Waals surface area contributed by atoms with Crippen LogP contribution in [0.5, 0.6) is 11.5 Å². The molecule has 3 aliphatic rings. The van der Waals surface area contributed by atoms with Gasteiger partial charge in [-0.3, -0.25) is 24.1 Å². The summed E-state index contributed by atoms with van der Waals surface area (Å²) >= 11 is 6.25. The second kappa shape index (κ2) is 20.3. The summed E-state index contributed by atoms with van der Waals surface area (Å²) < 4.78 is 63.4. The SMILES string of the molecule is CC1(C)CCC(CN2CCN(c3ccc(C(=O)NS(=O)(=O)c4ccc(NC5CCC(N(c6ccccc6)S(C)(=O)=O)CC5)c([N+](=O)[O-])c4)c(Oc4cnc5[nH]ccc5c4)c3)CC2)=C(c2ccc(Cl)cc2)C1. The second-order valence-electron chi connectivity index (χ2n) is 19.5. The van der Waals surface area contributed by atoms with Crippen molar-refractivity contribution in [1.29, 1.82) is 0 Å². The number of allylic oxidation sites excluding steroid dienone is 1. The van der Waals surface area contributed by atoms with Crippen LogP contribution in [0.2, 0.25) is 5.02 Å². The number of rotatable bonds is 15. The van der Waals surface area contributed by atoms with Crippen molar-refractivity contribution >= 4 is 76.9 Å². The topological polar surface area (TPSA) is 200 Å². The zero-order valence-electron chi connectivity index (χ0n) is 39.8. The van der Waals surface area contributed by atoms with Gasteiger partial charge in [0.25, 0.3) is 21.6 Å². The molecule has 2 fully saturated rings. The lowest BCUT2D eigenvalue weighted by Gasteiger charge is -2.39. The molecule has 2 aromatic heterocycles. The van der Waals surface area contributed by atoms with Gasteiger partial charge in [-0.1, -0.05) is 61.4 Å². The Morgan fingerprint density at radius 2 is 1.66 bits per heavy atom. The number of nitrogens with zero attached hydrogens (tertiary/aromatic N) is 5. The van der Waals surface area contributed by atoms with Gasteiger partial charge in [0.05, 0.1) is 33.5 Å². The highest BCUT2D eigenvalue weighted by Gasteiger charge is 2.34. The van der Waals surface area contributed by atoms with E-state index in [2.05, 4.69) is 55.8 Å². The Balaban J connectivity index is 0.902.